The highest BCUT2D eigenvalue weighted by atomic mass is 19.4. The zero-order valence-corrected chi connectivity index (χ0v) is 19.4. The summed E-state index contributed by atoms with van der Waals surface area (Å²) in [6.45, 7) is 9.31. The molecule has 0 radical (unpaired) electrons. The van der Waals surface area contributed by atoms with Gasteiger partial charge in [-0.3, -0.25) is 9.69 Å². The van der Waals surface area contributed by atoms with E-state index in [1.807, 2.05) is 4.90 Å². The summed E-state index contributed by atoms with van der Waals surface area (Å²) in [5.41, 5.74) is -0.0200. The number of methoxy groups -OCH3 is 1. The summed E-state index contributed by atoms with van der Waals surface area (Å²) in [6.07, 6.45) is -3.86. The van der Waals surface area contributed by atoms with E-state index < -0.39 is 11.7 Å². The minimum Gasteiger partial charge on any atom is -0.495 e. The SMILES string of the molecule is CNc1nc(Nc2ccc(C(=O)N3CCN(C(C)(C)C)CC3)cc2OC)ncc1C(F)(F)F. The number of anilines is 3. The lowest BCUT2D eigenvalue weighted by molar-refractivity contribution is -0.137. The molecule has 2 N–H and O–H groups in total. The maximum absolute atomic E-state index is 13.1. The number of nitrogens with zero attached hydrogens (tertiary/aromatic N) is 4. The second-order valence-electron chi connectivity index (χ2n) is 8.69. The Bertz CT molecular complexity index is 999. The Hall–Kier alpha value is -3.08. The summed E-state index contributed by atoms with van der Waals surface area (Å²) < 4.78 is 44.6. The molecular formula is C22H29F3N6O2. The maximum atomic E-state index is 13.1. The predicted octanol–water partition coefficient (Wildman–Crippen LogP) is 3.85. The fourth-order valence-electron chi connectivity index (χ4n) is 3.65. The maximum Gasteiger partial charge on any atom is 0.421 e. The van der Waals surface area contributed by atoms with Crippen LogP contribution in [0.2, 0.25) is 0 Å². The van der Waals surface area contributed by atoms with E-state index in [9.17, 15) is 18.0 Å². The molecule has 180 valence electrons. The van der Waals surface area contributed by atoms with Gasteiger partial charge in [0.25, 0.3) is 5.91 Å². The van der Waals surface area contributed by atoms with Crippen molar-refractivity contribution in [2.45, 2.75) is 32.5 Å². The number of alkyl halides is 3. The summed E-state index contributed by atoms with van der Waals surface area (Å²) >= 11 is 0. The van der Waals surface area contributed by atoms with Gasteiger partial charge in [0.15, 0.2) is 0 Å². The highest BCUT2D eigenvalue weighted by Gasteiger charge is 2.35. The van der Waals surface area contributed by atoms with Crippen LogP contribution in [-0.2, 0) is 6.18 Å². The van der Waals surface area contributed by atoms with E-state index >= 15 is 0 Å². The fourth-order valence-corrected chi connectivity index (χ4v) is 3.65. The smallest absolute Gasteiger partial charge is 0.421 e. The van der Waals surface area contributed by atoms with Crippen LogP contribution in [0, 0.1) is 0 Å². The summed E-state index contributed by atoms with van der Waals surface area (Å²) in [4.78, 5) is 24.8. The number of benzene rings is 1. The van der Waals surface area contributed by atoms with Crippen molar-refractivity contribution in [1.82, 2.24) is 19.8 Å². The van der Waals surface area contributed by atoms with Gasteiger partial charge in [0.2, 0.25) is 5.95 Å². The van der Waals surface area contributed by atoms with Gasteiger partial charge in [-0.15, -0.1) is 0 Å². The predicted molar refractivity (Wildman–Crippen MR) is 120 cm³/mol. The molecule has 3 rings (SSSR count). The lowest BCUT2D eigenvalue weighted by Gasteiger charge is -2.42. The molecule has 8 nitrogen and oxygen atoms in total. The number of ether oxygens (including phenoxy) is 1. The normalized spacial score (nSPS) is 15.3. The first-order chi connectivity index (χ1) is 15.4. The van der Waals surface area contributed by atoms with Crippen molar-refractivity contribution in [3.8, 4) is 5.75 Å². The molecular weight excluding hydrogens is 437 g/mol. The summed E-state index contributed by atoms with van der Waals surface area (Å²) in [6, 6.07) is 4.87. The second-order valence-corrected chi connectivity index (χ2v) is 8.69. The van der Waals surface area contributed by atoms with E-state index in [-0.39, 0.29) is 23.2 Å². The molecule has 0 unspecified atom stereocenters. The number of aromatic nitrogens is 2. The standard InChI is InChI=1S/C22H29F3N6O2/c1-21(2,3)31-10-8-30(9-11-31)19(32)14-6-7-16(17(12-14)33-5)28-20-27-13-15(22(23,24)25)18(26-4)29-20/h6-7,12-13H,8-11H2,1-5H3,(H2,26,27,28,29). The van der Waals surface area contributed by atoms with Crippen molar-refractivity contribution < 1.29 is 22.7 Å². The third-order valence-electron chi connectivity index (χ3n) is 5.54. The third kappa shape index (κ3) is 5.65. The van der Waals surface area contributed by atoms with Gasteiger partial charge >= 0.3 is 6.18 Å². The minimum absolute atomic E-state index is 0.0389. The molecule has 1 fully saturated rings. The van der Waals surface area contributed by atoms with E-state index in [2.05, 4.69) is 46.3 Å². The first kappa shape index (κ1) is 24.6. The van der Waals surface area contributed by atoms with Gasteiger partial charge < -0.3 is 20.3 Å². The van der Waals surface area contributed by atoms with Gasteiger partial charge in [-0.2, -0.15) is 18.2 Å². The number of hydrogen-bond acceptors (Lipinski definition) is 7. The van der Waals surface area contributed by atoms with Crippen LogP contribution in [0.15, 0.2) is 24.4 Å². The van der Waals surface area contributed by atoms with Gasteiger partial charge in [-0.05, 0) is 39.0 Å². The Morgan fingerprint density at radius 3 is 2.33 bits per heavy atom. The molecule has 0 aliphatic carbocycles. The zero-order chi connectivity index (χ0) is 24.4. The Labute approximate surface area is 191 Å². The molecule has 0 spiro atoms. The summed E-state index contributed by atoms with van der Waals surface area (Å²) in [5, 5.41) is 5.29. The number of halogens is 3. The van der Waals surface area contributed by atoms with Crippen LogP contribution in [-0.4, -0.2) is 71.6 Å². The van der Waals surface area contributed by atoms with Crippen molar-refractivity contribution in [2.24, 2.45) is 0 Å². The van der Waals surface area contributed by atoms with Crippen LogP contribution in [0.5, 0.6) is 5.75 Å². The van der Waals surface area contributed by atoms with E-state index in [0.717, 1.165) is 13.1 Å². The molecule has 0 bridgehead atoms. The van der Waals surface area contributed by atoms with Crippen LogP contribution in [0.1, 0.15) is 36.7 Å². The number of hydrogen-bond donors (Lipinski definition) is 2. The molecule has 1 saturated heterocycles. The van der Waals surface area contributed by atoms with Crippen molar-refractivity contribution in [3.63, 3.8) is 0 Å². The third-order valence-corrected chi connectivity index (χ3v) is 5.54. The second kappa shape index (κ2) is 9.42. The largest absolute Gasteiger partial charge is 0.495 e. The van der Waals surface area contributed by atoms with E-state index in [1.165, 1.54) is 14.2 Å². The molecule has 1 amide bonds. The summed E-state index contributed by atoms with van der Waals surface area (Å²) in [5.74, 6) is -0.136. The molecule has 11 heteroatoms. The number of piperazine rings is 1. The average Bonchev–Trinajstić information content (AvgIpc) is 2.77. The van der Waals surface area contributed by atoms with E-state index in [0.29, 0.717) is 36.3 Å². The number of nitrogens with one attached hydrogen (secondary N) is 2. The van der Waals surface area contributed by atoms with E-state index in [1.54, 1.807) is 18.2 Å². The Morgan fingerprint density at radius 2 is 1.79 bits per heavy atom. The van der Waals surface area contributed by atoms with Gasteiger partial charge in [-0.1, -0.05) is 0 Å². The number of carbonyl (C=O) groups is 1. The first-order valence-corrected chi connectivity index (χ1v) is 10.6. The van der Waals surface area contributed by atoms with Crippen molar-refractivity contribution in [1.29, 1.82) is 0 Å². The highest BCUT2D eigenvalue weighted by Crippen LogP contribution is 2.34. The first-order valence-electron chi connectivity index (χ1n) is 10.6. The van der Waals surface area contributed by atoms with E-state index in [4.69, 9.17) is 4.74 Å². The van der Waals surface area contributed by atoms with Crippen LogP contribution in [0.25, 0.3) is 0 Å². The van der Waals surface area contributed by atoms with Crippen molar-refractivity contribution >= 4 is 23.4 Å². The van der Waals surface area contributed by atoms with Crippen molar-refractivity contribution in [3.05, 3.63) is 35.5 Å². The van der Waals surface area contributed by atoms with Gasteiger partial charge in [0.1, 0.15) is 17.1 Å². The molecule has 1 aliphatic rings. The molecule has 33 heavy (non-hydrogen) atoms. The average molecular weight is 467 g/mol. The lowest BCUT2D eigenvalue weighted by Crippen LogP contribution is -2.54. The Kier molecular flexibility index (Phi) is 7.01. The lowest BCUT2D eigenvalue weighted by atomic mass is 10.0. The van der Waals surface area contributed by atoms with Gasteiger partial charge in [0, 0.05) is 50.5 Å². The fraction of sp³-hybridized carbons (Fsp3) is 0.500. The Balaban J connectivity index is 1.76. The quantitative estimate of drug-likeness (QED) is 0.693. The molecule has 2 heterocycles. The Morgan fingerprint density at radius 1 is 1.12 bits per heavy atom. The number of rotatable bonds is 5. The molecule has 1 aromatic carbocycles. The minimum atomic E-state index is -4.57. The zero-order valence-electron chi connectivity index (χ0n) is 19.4. The summed E-state index contributed by atoms with van der Waals surface area (Å²) in [7, 11) is 2.80. The molecule has 1 aromatic heterocycles. The van der Waals surface area contributed by atoms with Gasteiger partial charge in [-0.25, -0.2) is 4.98 Å². The molecule has 1 aliphatic heterocycles. The number of carbonyl (C=O) groups excluding carboxylic acids is 1. The highest BCUT2D eigenvalue weighted by molar-refractivity contribution is 5.95. The monoisotopic (exact) mass is 466 g/mol. The van der Waals surface area contributed by atoms with Crippen LogP contribution in [0.3, 0.4) is 0 Å². The topological polar surface area (TPSA) is 82.6 Å². The van der Waals surface area contributed by atoms with Crippen LogP contribution < -0.4 is 15.4 Å². The van der Waals surface area contributed by atoms with Crippen LogP contribution >= 0.6 is 0 Å². The van der Waals surface area contributed by atoms with Crippen LogP contribution in [0.4, 0.5) is 30.6 Å². The molecule has 2 aromatic rings. The molecule has 0 saturated carbocycles. The van der Waals surface area contributed by atoms with Gasteiger partial charge in [0.05, 0.1) is 12.8 Å². The number of amides is 1. The van der Waals surface area contributed by atoms with Crippen molar-refractivity contribution in [2.75, 3.05) is 51.0 Å². The molecule has 0 atom stereocenters.